The van der Waals surface area contributed by atoms with E-state index in [4.69, 9.17) is 10.9 Å². The smallest absolute Gasteiger partial charge is 0.171 e. The van der Waals surface area contributed by atoms with E-state index in [1.807, 2.05) is 43.8 Å². The summed E-state index contributed by atoms with van der Waals surface area (Å²) < 4.78 is 1.93. The minimum absolute atomic E-state index is 0.0426. The van der Waals surface area contributed by atoms with Crippen molar-refractivity contribution in [2.75, 3.05) is 0 Å². The summed E-state index contributed by atoms with van der Waals surface area (Å²) in [5.41, 5.74) is 10.7. The Morgan fingerprint density at radius 3 is 2.78 bits per heavy atom. The number of aryl methyl sites for hydroxylation is 3. The van der Waals surface area contributed by atoms with Gasteiger partial charge in [0.1, 0.15) is 11.2 Å². The molecule has 118 valence electrons. The van der Waals surface area contributed by atoms with E-state index >= 15 is 0 Å². The van der Waals surface area contributed by atoms with Crippen molar-refractivity contribution in [3.63, 3.8) is 0 Å². The second-order valence-electron chi connectivity index (χ2n) is 5.42. The molecule has 0 bridgehead atoms. The zero-order chi connectivity index (χ0) is 16.6. The van der Waals surface area contributed by atoms with Crippen LogP contribution in [0.1, 0.15) is 23.6 Å². The zero-order valence-electron chi connectivity index (χ0n) is 13.3. The average Bonchev–Trinajstić information content (AvgIpc) is 2.89. The number of hydrogen-bond donors (Lipinski definition) is 2. The molecule has 0 radical (unpaired) electrons. The molecule has 0 saturated heterocycles. The lowest BCUT2D eigenvalue weighted by Gasteiger charge is -2.09. The van der Waals surface area contributed by atoms with Crippen LogP contribution in [-0.4, -0.2) is 30.6 Å². The van der Waals surface area contributed by atoms with Crippen LogP contribution >= 0.6 is 0 Å². The van der Waals surface area contributed by atoms with Gasteiger partial charge in [-0.15, -0.1) is 0 Å². The third-order valence-electron chi connectivity index (χ3n) is 3.81. The quantitative estimate of drug-likeness (QED) is 0.333. The third kappa shape index (κ3) is 2.50. The fraction of sp³-hybridized carbons (Fsp3) is 0.250. The number of fused-ring (bicyclic) bond motifs is 1. The van der Waals surface area contributed by atoms with Gasteiger partial charge >= 0.3 is 0 Å². The van der Waals surface area contributed by atoms with Crippen LogP contribution in [0.2, 0.25) is 0 Å². The Labute approximate surface area is 133 Å². The Morgan fingerprint density at radius 2 is 2.09 bits per heavy atom. The van der Waals surface area contributed by atoms with E-state index < -0.39 is 0 Å². The molecule has 7 nitrogen and oxygen atoms in total. The van der Waals surface area contributed by atoms with Crippen molar-refractivity contribution < 1.29 is 5.21 Å². The van der Waals surface area contributed by atoms with Gasteiger partial charge in [0, 0.05) is 25.0 Å². The third-order valence-corrected chi connectivity index (χ3v) is 3.81. The van der Waals surface area contributed by atoms with Gasteiger partial charge in [0.2, 0.25) is 0 Å². The Morgan fingerprint density at radius 1 is 1.30 bits per heavy atom. The molecule has 3 aromatic heterocycles. The lowest BCUT2D eigenvalue weighted by atomic mass is 10.1. The summed E-state index contributed by atoms with van der Waals surface area (Å²) in [7, 11) is 1.92. The molecule has 0 spiro atoms. The van der Waals surface area contributed by atoms with Crippen molar-refractivity contribution >= 4 is 17.0 Å². The summed E-state index contributed by atoms with van der Waals surface area (Å²) in [5, 5.41) is 11.8. The molecule has 0 unspecified atom stereocenters. The molecule has 0 fully saturated rings. The predicted octanol–water partition coefficient (Wildman–Crippen LogP) is 2.00. The molecular formula is C16H18N6O. The van der Waals surface area contributed by atoms with Crippen LogP contribution in [0.5, 0.6) is 0 Å². The second kappa shape index (κ2) is 5.68. The summed E-state index contributed by atoms with van der Waals surface area (Å²) in [6, 6.07) is 3.87. The highest BCUT2D eigenvalue weighted by molar-refractivity contribution is 5.97. The van der Waals surface area contributed by atoms with Gasteiger partial charge in [0.25, 0.3) is 0 Å². The molecular weight excluding hydrogens is 292 g/mol. The maximum Gasteiger partial charge on any atom is 0.171 e. The second-order valence-corrected chi connectivity index (χ2v) is 5.42. The average molecular weight is 310 g/mol. The molecule has 0 aromatic carbocycles. The van der Waals surface area contributed by atoms with Crippen LogP contribution in [0.3, 0.4) is 0 Å². The van der Waals surface area contributed by atoms with Gasteiger partial charge in [-0.05, 0) is 36.6 Å². The van der Waals surface area contributed by atoms with E-state index in [1.165, 1.54) is 0 Å². The van der Waals surface area contributed by atoms with Gasteiger partial charge in [-0.3, -0.25) is 4.98 Å². The Bertz CT molecular complexity index is 912. The van der Waals surface area contributed by atoms with Gasteiger partial charge in [-0.25, -0.2) is 9.97 Å². The summed E-state index contributed by atoms with van der Waals surface area (Å²) in [4.78, 5) is 13.6. The maximum absolute atomic E-state index is 8.81. The van der Waals surface area contributed by atoms with Gasteiger partial charge in [0.15, 0.2) is 17.3 Å². The minimum atomic E-state index is 0.0426. The number of nitrogens with zero attached hydrogens (tertiary/aromatic N) is 5. The van der Waals surface area contributed by atoms with Gasteiger partial charge in [0.05, 0.1) is 0 Å². The van der Waals surface area contributed by atoms with E-state index in [9.17, 15) is 0 Å². The van der Waals surface area contributed by atoms with E-state index in [0.29, 0.717) is 5.56 Å². The van der Waals surface area contributed by atoms with Gasteiger partial charge < -0.3 is 15.5 Å². The molecule has 3 aromatic rings. The highest BCUT2D eigenvalue weighted by Gasteiger charge is 2.16. The standard InChI is InChI=1S/C16H18N6O/c1-4-10-6-11(14(17)21-23)8-18-13(10)16-20-12-5-9(2)7-19-15(12)22(16)3/h5-8,23H,4H2,1-3H3,(H2,17,21). The zero-order valence-corrected chi connectivity index (χ0v) is 13.3. The number of hydrogen-bond acceptors (Lipinski definition) is 5. The number of nitrogens with two attached hydrogens (primary N) is 1. The van der Waals surface area contributed by atoms with Crippen molar-refractivity contribution in [3.8, 4) is 11.5 Å². The molecule has 0 aliphatic heterocycles. The van der Waals surface area contributed by atoms with Crippen molar-refractivity contribution in [1.82, 2.24) is 19.5 Å². The molecule has 0 atom stereocenters. The maximum atomic E-state index is 8.81. The van der Waals surface area contributed by atoms with E-state index in [-0.39, 0.29) is 5.84 Å². The minimum Gasteiger partial charge on any atom is -0.409 e. The highest BCUT2D eigenvalue weighted by atomic mass is 16.4. The summed E-state index contributed by atoms with van der Waals surface area (Å²) in [6.07, 6.45) is 4.16. The molecule has 0 amide bonds. The molecule has 3 N–H and O–H groups in total. The molecule has 0 aliphatic rings. The summed E-state index contributed by atoms with van der Waals surface area (Å²) >= 11 is 0. The number of oxime groups is 1. The monoisotopic (exact) mass is 310 g/mol. The SMILES string of the molecule is CCc1cc(/C(N)=N/O)cnc1-c1nc2cc(C)cnc2n1C. The first-order valence-corrected chi connectivity index (χ1v) is 7.31. The molecule has 3 rings (SSSR count). The van der Waals surface area contributed by atoms with Crippen LogP contribution < -0.4 is 5.73 Å². The number of pyridine rings is 2. The molecule has 7 heteroatoms. The first kappa shape index (κ1) is 15.0. The number of amidine groups is 1. The van der Waals surface area contributed by atoms with Crippen LogP contribution in [0.25, 0.3) is 22.7 Å². The fourth-order valence-electron chi connectivity index (χ4n) is 2.57. The van der Waals surface area contributed by atoms with Crippen LogP contribution in [0, 0.1) is 6.92 Å². The Kier molecular flexibility index (Phi) is 3.69. The number of rotatable bonds is 3. The topological polar surface area (TPSA) is 102 Å². The Balaban J connectivity index is 2.20. The van der Waals surface area contributed by atoms with Crippen molar-refractivity contribution in [2.24, 2.45) is 17.9 Å². The molecule has 3 heterocycles. The van der Waals surface area contributed by atoms with Crippen LogP contribution in [0.15, 0.2) is 29.7 Å². The van der Waals surface area contributed by atoms with Crippen molar-refractivity contribution in [3.05, 3.63) is 41.2 Å². The Hall–Kier alpha value is -2.96. The first-order valence-electron chi connectivity index (χ1n) is 7.31. The molecule has 23 heavy (non-hydrogen) atoms. The molecule has 0 saturated carbocycles. The van der Waals surface area contributed by atoms with E-state index in [1.54, 1.807) is 6.20 Å². The lowest BCUT2D eigenvalue weighted by molar-refractivity contribution is 0.318. The summed E-state index contributed by atoms with van der Waals surface area (Å²) in [6.45, 7) is 4.02. The molecule has 0 aliphatic carbocycles. The number of imidazole rings is 1. The fourth-order valence-corrected chi connectivity index (χ4v) is 2.57. The number of aromatic nitrogens is 4. The van der Waals surface area contributed by atoms with Gasteiger partial charge in [-0.1, -0.05) is 12.1 Å². The van der Waals surface area contributed by atoms with Crippen LogP contribution in [-0.2, 0) is 13.5 Å². The lowest BCUT2D eigenvalue weighted by Crippen LogP contribution is -2.14. The van der Waals surface area contributed by atoms with Crippen molar-refractivity contribution in [2.45, 2.75) is 20.3 Å². The van der Waals surface area contributed by atoms with E-state index in [0.717, 1.165) is 40.2 Å². The van der Waals surface area contributed by atoms with Crippen LogP contribution in [0.4, 0.5) is 0 Å². The predicted molar refractivity (Wildman–Crippen MR) is 88.4 cm³/mol. The first-order chi connectivity index (χ1) is 11.0. The highest BCUT2D eigenvalue weighted by Crippen LogP contribution is 2.25. The summed E-state index contributed by atoms with van der Waals surface area (Å²) in [5.74, 6) is 0.794. The van der Waals surface area contributed by atoms with Gasteiger partial charge in [-0.2, -0.15) is 0 Å². The largest absolute Gasteiger partial charge is 0.409 e. The van der Waals surface area contributed by atoms with Crippen molar-refractivity contribution in [1.29, 1.82) is 0 Å². The normalized spacial score (nSPS) is 12.0. The van der Waals surface area contributed by atoms with E-state index in [2.05, 4.69) is 20.1 Å².